The molecule has 0 unspecified atom stereocenters. The first-order valence-corrected chi connectivity index (χ1v) is 11.4. The van der Waals surface area contributed by atoms with Crippen LogP contribution in [0.5, 0.6) is 23.3 Å². The lowest BCUT2D eigenvalue weighted by molar-refractivity contribution is 0.125. The van der Waals surface area contributed by atoms with Gasteiger partial charge in [-0.05, 0) is 57.8 Å². The van der Waals surface area contributed by atoms with Crippen LogP contribution in [-0.4, -0.2) is 67.7 Å². The van der Waals surface area contributed by atoms with E-state index in [1.54, 1.807) is 17.8 Å². The van der Waals surface area contributed by atoms with Crippen molar-refractivity contribution < 1.29 is 22.6 Å². The van der Waals surface area contributed by atoms with Crippen LogP contribution in [0, 0.1) is 6.92 Å². The average Bonchev–Trinajstić information content (AvgIpc) is 3.57. The summed E-state index contributed by atoms with van der Waals surface area (Å²) in [6.45, 7) is 3.16. The maximum atomic E-state index is 12.4. The van der Waals surface area contributed by atoms with Gasteiger partial charge in [-0.25, -0.2) is 13.4 Å². The summed E-state index contributed by atoms with van der Waals surface area (Å²) < 4.78 is 42.1. The Morgan fingerprint density at radius 3 is 2.43 bits per heavy atom. The van der Waals surface area contributed by atoms with E-state index in [0.717, 1.165) is 25.9 Å². The highest BCUT2D eigenvalue weighted by atomic mass is 32.2. The molecule has 2 radical (unpaired) electrons. The topological polar surface area (TPSA) is 104 Å². The monoisotopic (exact) mass is 430 g/mol. The highest BCUT2D eigenvalue weighted by Crippen LogP contribution is 2.38. The van der Waals surface area contributed by atoms with Crippen LogP contribution in [0.25, 0.3) is 0 Å². The quantitative estimate of drug-likeness (QED) is 0.609. The van der Waals surface area contributed by atoms with Crippen LogP contribution in [0.2, 0.25) is 0 Å². The zero-order valence-corrected chi connectivity index (χ0v) is 17.8. The van der Waals surface area contributed by atoms with E-state index in [1.807, 2.05) is 0 Å². The van der Waals surface area contributed by atoms with Crippen LogP contribution in [0.1, 0.15) is 31.4 Å². The van der Waals surface area contributed by atoms with E-state index >= 15 is 0 Å². The molecular formula is C19H23BN4O5S. The maximum absolute atomic E-state index is 12.4. The van der Waals surface area contributed by atoms with Crippen LogP contribution >= 0.6 is 0 Å². The molecule has 2 fully saturated rings. The molecule has 1 aliphatic carbocycles. The Balaban J connectivity index is 1.54. The van der Waals surface area contributed by atoms with Crippen molar-refractivity contribution in [3.05, 3.63) is 24.2 Å². The van der Waals surface area contributed by atoms with Crippen molar-refractivity contribution in [2.75, 3.05) is 20.2 Å². The second-order valence-corrected chi connectivity index (χ2v) is 9.62. The molecule has 1 saturated heterocycles. The third kappa shape index (κ3) is 4.36. The number of nitrogens with zero attached hydrogens (tertiary/aromatic N) is 4. The summed E-state index contributed by atoms with van der Waals surface area (Å²) in [5.74, 6) is 1.10. The molecule has 0 aromatic carbocycles. The van der Waals surface area contributed by atoms with Gasteiger partial charge in [0.25, 0.3) is 11.8 Å². The molecule has 158 valence electrons. The molecule has 30 heavy (non-hydrogen) atoms. The molecule has 0 N–H and O–H groups in total. The van der Waals surface area contributed by atoms with Gasteiger partial charge in [-0.3, -0.25) is 0 Å². The van der Waals surface area contributed by atoms with Gasteiger partial charge in [0.05, 0.1) is 18.1 Å². The molecule has 0 spiro atoms. The Labute approximate surface area is 177 Å². The number of piperidine rings is 1. The molecule has 0 amide bonds. The molecule has 2 aliphatic rings. The number of ether oxygens (including phenoxy) is 3. The minimum atomic E-state index is -3.37. The van der Waals surface area contributed by atoms with Crippen molar-refractivity contribution in [2.24, 2.45) is 0 Å². The van der Waals surface area contributed by atoms with Gasteiger partial charge < -0.3 is 19.0 Å². The van der Waals surface area contributed by atoms with E-state index in [1.165, 1.54) is 19.5 Å². The van der Waals surface area contributed by atoms with Gasteiger partial charge >= 0.3 is 0 Å². The zero-order valence-electron chi connectivity index (χ0n) is 16.9. The first-order chi connectivity index (χ1) is 14.4. The Morgan fingerprint density at radius 2 is 1.80 bits per heavy atom. The van der Waals surface area contributed by atoms with Crippen LogP contribution in [0.15, 0.2) is 23.5 Å². The number of hydrogen-bond donors (Lipinski definition) is 0. The van der Waals surface area contributed by atoms with Crippen molar-refractivity contribution >= 4 is 17.8 Å². The molecule has 3 heterocycles. The standard InChI is InChI=1S/C19H23BN4O5S/c1-12-15(5-6-16(23-12)30(25,26)14-3-4-14)29-19-17(27-2)18(21-11-22-19)28-13-7-9-24(20)10-8-13/h5-6,11,13-14H,3-4,7-10H2,1-2H3. The van der Waals surface area contributed by atoms with Crippen LogP contribution in [0.3, 0.4) is 0 Å². The molecule has 9 nitrogen and oxygen atoms in total. The molecule has 1 saturated carbocycles. The average molecular weight is 430 g/mol. The molecule has 11 heteroatoms. The summed E-state index contributed by atoms with van der Waals surface area (Å²) in [4.78, 5) is 14.3. The van der Waals surface area contributed by atoms with Gasteiger partial charge in [0.1, 0.15) is 12.4 Å². The van der Waals surface area contributed by atoms with E-state index in [-0.39, 0.29) is 33.9 Å². The minimum absolute atomic E-state index is 0.0308. The number of pyridine rings is 1. The third-order valence-corrected chi connectivity index (χ3v) is 7.33. The van der Waals surface area contributed by atoms with Gasteiger partial charge in [0.15, 0.2) is 28.6 Å². The fourth-order valence-electron chi connectivity index (χ4n) is 3.27. The van der Waals surface area contributed by atoms with E-state index in [9.17, 15) is 8.42 Å². The summed E-state index contributed by atoms with van der Waals surface area (Å²) in [7, 11) is 3.91. The molecule has 0 atom stereocenters. The van der Waals surface area contributed by atoms with Gasteiger partial charge in [-0.15, -0.1) is 0 Å². The normalized spacial score (nSPS) is 18.2. The van der Waals surface area contributed by atoms with Crippen LogP contribution < -0.4 is 14.2 Å². The summed E-state index contributed by atoms with van der Waals surface area (Å²) in [6, 6.07) is 3.04. The Morgan fingerprint density at radius 1 is 1.10 bits per heavy atom. The fraction of sp³-hybridized carbons (Fsp3) is 0.526. The molecule has 4 rings (SSSR count). The van der Waals surface area contributed by atoms with E-state index < -0.39 is 9.84 Å². The largest absolute Gasteiger partial charge is 0.487 e. The first kappa shape index (κ1) is 20.9. The number of sulfone groups is 1. The van der Waals surface area contributed by atoms with Crippen molar-refractivity contribution in [2.45, 2.75) is 49.0 Å². The van der Waals surface area contributed by atoms with E-state index in [2.05, 4.69) is 15.0 Å². The molecular weight excluding hydrogens is 407 g/mol. The minimum Gasteiger partial charge on any atom is -0.487 e. The van der Waals surface area contributed by atoms with Gasteiger partial charge in [0, 0.05) is 0 Å². The second kappa shape index (κ2) is 8.39. The van der Waals surface area contributed by atoms with E-state index in [0.29, 0.717) is 24.3 Å². The predicted octanol–water partition coefficient (Wildman–Crippen LogP) is 1.84. The second-order valence-electron chi connectivity index (χ2n) is 7.45. The summed E-state index contributed by atoms with van der Waals surface area (Å²) in [5, 5.41) is -0.247. The summed E-state index contributed by atoms with van der Waals surface area (Å²) in [5.41, 5.74) is 0.440. The lowest BCUT2D eigenvalue weighted by Crippen LogP contribution is -2.36. The first-order valence-electron chi connectivity index (χ1n) is 9.83. The van der Waals surface area contributed by atoms with Crippen molar-refractivity contribution in [3.63, 3.8) is 0 Å². The zero-order chi connectivity index (χ0) is 21.3. The maximum Gasteiger partial charge on any atom is 0.269 e. The van der Waals surface area contributed by atoms with Crippen molar-refractivity contribution in [1.82, 2.24) is 19.8 Å². The van der Waals surface area contributed by atoms with Crippen LogP contribution in [-0.2, 0) is 9.84 Å². The highest BCUT2D eigenvalue weighted by molar-refractivity contribution is 7.92. The van der Waals surface area contributed by atoms with Gasteiger partial charge in [0.2, 0.25) is 5.75 Å². The van der Waals surface area contributed by atoms with Gasteiger partial charge in [-0.2, -0.15) is 9.97 Å². The predicted molar refractivity (Wildman–Crippen MR) is 109 cm³/mol. The number of aryl methyl sites for hydroxylation is 1. The lowest BCUT2D eigenvalue weighted by atomic mass is 10.1. The molecule has 1 aliphatic heterocycles. The van der Waals surface area contributed by atoms with Gasteiger partial charge in [-0.1, -0.05) is 0 Å². The number of aromatic nitrogens is 3. The molecule has 2 aromatic rings. The number of hydrogen-bond acceptors (Lipinski definition) is 9. The Bertz CT molecular complexity index is 1020. The summed E-state index contributed by atoms with van der Waals surface area (Å²) >= 11 is 0. The summed E-state index contributed by atoms with van der Waals surface area (Å²) in [6.07, 6.45) is 4.23. The van der Waals surface area contributed by atoms with Crippen LogP contribution in [0.4, 0.5) is 0 Å². The van der Waals surface area contributed by atoms with E-state index in [4.69, 9.17) is 22.2 Å². The number of methoxy groups -OCH3 is 1. The fourth-order valence-corrected chi connectivity index (χ4v) is 4.89. The Hall–Kier alpha value is -2.40. The van der Waals surface area contributed by atoms with Crippen molar-refractivity contribution in [1.29, 1.82) is 0 Å². The third-order valence-electron chi connectivity index (χ3n) is 5.17. The Kier molecular flexibility index (Phi) is 5.83. The lowest BCUT2D eigenvalue weighted by Gasteiger charge is -2.29. The number of rotatable bonds is 7. The van der Waals surface area contributed by atoms with Crippen molar-refractivity contribution in [3.8, 4) is 23.3 Å². The SMILES string of the molecule is [B]N1CCC(Oc2ncnc(Oc3ccc(S(=O)(=O)C4CC4)nc3C)c2OC)CC1. The highest BCUT2D eigenvalue weighted by Gasteiger charge is 2.38. The molecule has 0 bridgehead atoms. The molecule has 2 aromatic heterocycles. The smallest absolute Gasteiger partial charge is 0.269 e.